The third kappa shape index (κ3) is 9.43. The van der Waals surface area contributed by atoms with Crippen molar-refractivity contribution in [2.45, 2.75) is 12.8 Å². The summed E-state index contributed by atoms with van der Waals surface area (Å²) in [5, 5.41) is 8.58. The molecule has 0 aliphatic heterocycles. The average molecular weight is 214 g/mol. The zero-order valence-corrected chi connectivity index (χ0v) is 9.78. The molecule has 0 aromatic carbocycles. The minimum Gasteiger partial charge on any atom is -0.481 e. The Balaban J connectivity index is 3.72. The first kappa shape index (κ1) is 14.1. The number of nitrogens with zero attached hydrogens (tertiary/aromatic N) is 2. The molecule has 0 rings (SSSR count). The van der Waals surface area contributed by atoms with E-state index in [1.807, 2.05) is 20.2 Å². The van der Waals surface area contributed by atoms with Gasteiger partial charge in [0.25, 0.3) is 0 Å². The molecule has 0 unspecified atom stereocenters. The van der Waals surface area contributed by atoms with Gasteiger partial charge in [-0.1, -0.05) is 6.08 Å². The summed E-state index contributed by atoms with van der Waals surface area (Å²) in [5.41, 5.74) is 0. The Hall–Kier alpha value is -0.870. The SMILES string of the molecule is C=CCN(CCCN(C)C)CCC(=O)O. The second kappa shape index (κ2) is 8.44. The van der Waals surface area contributed by atoms with Crippen LogP contribution in [0.3, 0.4) is 0 Å². The summed E-state index contributed by atoms with van der Waals surface area (Å²) in [6.45, 7) is 7.00. The summed E-state index contributed by atoms with van der Waals surface area (Å²) < 4.78 is 0. The first-order valence-electron chi connectivity index (χ1n) is 5.26. The third-order valence-corrected chi connectivity index (χ3v) is 2.11. The van der Waals surface area contributed by atoms with Crippen LogP contribution >= 0.6 is 0 Å². The van der Waals surface area contributed by atoms with E-state index in [0.29, 0.717) is 6.54 Å². The van der Waals surface area contributed by atoms with Crippen molar-refractivity contribution in [2.75, 3.05) is 40.3 Å². The lowest BCUT2D eigenvalue weighted by molar-refractivity contribution is -0.137. The van der Waals surface area contributed by atoms with Gasteiger partial charge in [0.2, 0.25) is 0 Å². The zero-order valence-electron chi connectivity index (χ0n) is 9.78. The lowest BCUT2D eigenvalue weighted by atomic mass is 10.3. The molecule has 4 nitrogen and oxygen atoms in total. The predicted molar refractivity (Wildman–Crippen MR) is 62.1 cm³/mol. The fraction of sp³-hybridized carbons (Fsp3) is 0.727. The predicted octanol–water partition coefficient (Wildman–Crippen LogP) is 0.901. The Morgan fingerprint density at radius 2 is 2.00 bits per heavy atom. The summed E-state index contributed by atoms with van der Waals surface area (Å²) in [7, 11) is 4.07. The number of carbonyl (C=O) groups is 1. The van der Waals surface area contributed by atoms with Gasteiger partial charge in [-0.3, -0.25) is 9.69 Å². The lowest BCUT2D eigenvalue weighted by Crippen LogP contribution is -2.29. The molecule has 1 N–H and O–H groups in total. The maximum atomic E-state index is 10.4. The fourth-order valence-corrected chi connectivity index (χ4v) is 1.34. The van der Waals surface area contributed by atoms with Crippen LogP contribution < -0.4 is 0 Å². The first-order chi connectivity index (χ1) is 7.06. The van der Waals surface area contributed by atoms with E-state index in [4.69, 9.17) is 5.11 Å². The van der Waals surface area contributed by atoms with Crippen LogP contribution in [0.5, 0.6) is 0 Å². The van der Waals surface area contributed by atoms with E-state index in [1.54, 1.807) is 0 Å². The molecule has 0 amide bonds. The van der Waals surface area contributed by atoms with Crippen LogP contribution in [-0.4, -0.2) is 61.2 Å². The minimum absolute atomic E-state index is 0.204. The Morgan fingerprint density at radius 1 is 1.33 bits per heavy atom. The number of aliphatic carboxylic acids is 1. The van der Waals surface area contributed by atoms with Crippen LogP contribution in [0.2, 0.25) is 0 Å². The van der Waals surface area contributed by atoms with Crippen LogP contribution in [0.15, 0.2) is 12.7 Å². The number of carboxylic acid groups (broad SMARTS) is 1. The summed E-state index contributed by atoms with van der Waals surface area (Å²) >= 11 is 0. The van der Waals surface area contributed by atoms with E-state index < -0.39 is 5.97 Å². The van der Waals surface area contributed by atoms with Crippen LogP contribution in [-0.2, 0) is 4.79 Å². The van der Waals surface area contributed by atoms with Gasteiger partial charge >= 0.3 is 5.97 Å². The number of hydrogen-bond donors (Lipinski definition) is 1. The molecule has 0 heterocycles. The Morgan fingerprint density at radius 3 is 2.47 bits per heavy atom. The Labute approximate surface area is 92.2 Å². The molecule has 15 heavy (non-hydrogen) atoms. The van der Waals surface area contributed by atoms with Gasteiger partial charge in [-0.25, -0.2) is 0 Å². The summed E-state index contributed by atoms with van der Waals surface area (Å²) in [5.74, 6) is -0.739. The van der Waals surface area contributed by atoms with Crippen molar-refractivity contribution in [3.63, 3.8) is 0 Å². The van der Waals surface area contributed by atoms with Crippen molar-refractivity contribution < 1.29 is 9.90 Å². The second-order valence-electron chi connectivity index (χ2n) is 3.89. The van der Waals surface area contributed by atoms with Crippen LogP contribution in [0.4, 0.5) is 0 Å². The smallest absolute Gasteiger partial charge is 0.304 e. The molecule has 0 fully saturated rings. The first-order valence-corrected chi connectivity index (χ1v) is 5.26. The molecule has 0 aromatic rings. The van der Waals surface area contributed by atoms with E-state index in [9.17, 15) is 4.79 Å². The molecular weight excluding hydrogens is 192 g/mol. The topological polar surface area (TPSA) is 43.8 Å². The highest BCUT2D eigenvalue weighted by atomic mass is 16.4. The maximum Gasteiger partial charge on any atom is 0.304 e. The number of hydrogen-bond acceptors (Lipinski definition) is 3. The number of carboxylic acids is 1. The van der Waals surface area contributed by atoms with Gasteiger partial charge < -0.3 is 10.0 Å². The molecule has 0 saturated heterocycles. The van der Waals surface area contributed by atoms with Gasteiger partial charge in [0.1, 0.15) is 0 Å². The molecule has 0 bridgehead atoms. The molecule has 0 spiro atoms. The standard InChI is InChI=1S/C11H22N2O2/c1-4-7-13(10-6-11(14)15)9-5-8-12(2)3/h4H,1,5-10H2,2-3H3,(H,14,15). The summed E-state index contributed by atoms with van der Waals surface area (Å²) in [6, 6.07) is 0. The second-order valence-corrected chi connectivity index (χ2v) is 3.89. The van der Waals surface area contributed by atoms with Gasteiger partial charge in [-0.2, -0.15) is 0 Å². The van der Waals surface area contributed by atoms with Crippen LogP contribution in [0.1, 0.15) is 12.8 Å². The molecule has 0 saturated carbocycles. The van der Waals surface area contributed by atoms with Gasteiger partial charge in [0.15, 0.2) is 0 Å². The minimum atomic E-state index is -0.739. The van der Waals surface area contributed by atoms with Crippen LogP contribution in [0, 0.1) is 0 Å². The van der Waals surface area contributed by atoms with Gasteiger partial charge in [0.05, 0.1) is 6.42 Å². The van der Waals surface area contributed by atoms with Gasteiger partial charge in [-0.15, -0.1) is 6.58 Å². The molecule has 0 atom stereocenters. The fourth-order valence-electron chi connectivity index (χ4n) is 1.34. The van der Waals surface area contributed by atoms with Crippen molar-refractivity contribution in [1.82, 2.24) is 9.80 Å². The Bertz CT molecular complexity index is 193. The zero-order chi connectivity index (χ0) is 11.7. The lowest BCUT2D eigenvalue weighted by Gasteiger charge is -2.20. The molecular formula is C11H22N2O2. The average Bonchev–Trinajstić information content (AvgIpc) is 2.13. The van der Waals surface area contributed by atoms with E-state index in [2.05, 4.69) is 16.4 Å². The quantitative estimate of drug-likeness (QED) is 0.579. The van der Waals surface area contributed by atoms with Crippen molar-refractivity contribution in [3.05, 3.63) is 12.7 Å². The van der Waals surface area contributed by atoms with Gasteiger partial charge in [0, 0.05) is 13.1 Å². The molecule has 88 valence electrons. The highest BCUT2D eigenvalue weighted by Gasteiger charge is 2.05. The molecule has 4 heteroatoms. The van der Waals surface area contributed by atoms with E-state index in [1.165, 1.54) is 0 Å². The maximum absolute atomic E-state index is 10.4. The van der Waals surface area contributed by atoms with Crippen molar-refractivity contribution in [3.8, 4) is 0 Å². The molecule has 0 aromatic heterocycles. The van der Waals surface area contributed by atoms with E-state index in [-0.39, 0.29) is 6.42 Å². The Kier molecular flexibility index (Phi) is 7.95. The van der Waals surface area contributed by atoms with E-state index in [0.717, 1.165) is 26.1 Å². The number of rotatable bonds is 9. The summed E-state index contributed by atoms with van der Waals surface area (Å²) in [4.78, 5) is 14.7. The highest BCUT2D eigenvalue weighted by Crippen LogP contribution is 1.95. The van der Waals surface area contributed by atoms with E-state index >= 15 is 0 Å². The van der Waals surface area contributed by atoms with Crippen molar-refractivity contribution in [2.24, 2.45) is 0 Å². The normalized spacial score (nSPS) is 10.9. The monoisotopic (exact) mass is 214 g/mol. The van der Waals surface area contributed by atoms with Crippen molar-refractivity contribution >= 4 is 5.97 Å². The largest absolute Gasteiger partial charge is 0.481 e. The molecule has 0 aliphatic carbocycles. The highest BCUT2D eigenvalue weighted by molar-refractivity contribution is 5.66. The van der Waals surface area contributed by atoms with Gasteiger partial charge in [-0.05, 0) is 33.6 Å². The van der Waals surface area contributed by atoms with Crippen molar-refractivity contribution in [1.29, 1.82) is 0 Å². The summed E-state index contributed by atoms with van der Waals surface area (Å²) in [6.07, 6.45) is 3.08. The molecule has 0 aliphatic rings. The third-order valence-electron chi connectivity index (χ3n) is 2.11. The van der Waals surface area contributed by atoms with Crippen LogP contribution in [0.25, 0.3) is 0 Å². The molecule has 0 radical (unpaired) electrons.